The van der Waals surface area contributed by atoms with Crippen molar-refractivity contribution >= 4 is 29.8 Å². The van der Waals surface area contributed by atoms with Crippen molar-refractivity contribution in [1.29, 1.82) is 0 Å². The number of anilines is 1. The molecule has 1 saturated carbocycles. The molecule has 0 bridgehead atoms. The number of aromatic nitrogens is 2. The lowest BCUT2D eigenvalue weighted by Gasteiger charge is -2.12. The number of nitrogens with zero attached hydrogens (tertiary/aromatic N) is 2. The number of halogens is 2. The second-order valence-corrected chi connectivity index (χ2v) is 6.43. The average molecular weight is 376 g/mol. The van der Waals surface area contributed by atoms with Crippen LogP contribution in [0.3, 0.4) is 0 Å². The highest BCUT2D eigenvalue weighted by molar-refractivity contribution is 6.30. The highest BCUT2D eigenvalue weighted by Gasteiger charge is 2.22. The lowest BCUT2D eigenvalue weighted by atomic mass is 10.1. The quantitative estimate of drug-likeness (QED) is 0.540. The topological polar surface area (TPSA) is 64.1 Å². The molecule has 1 aromatic carbocycles. The Balaban J connectivity index is 2.03. The predicted molar refractivity (Wildman–Crippen MR) is 99.7 cm³/mol. The zero-order valence-electron chi connectivity index (χ0n) is 14.3. The molecule has 0 saturated heterocycles. The number of carbonyl (C=O) groups excluding carboxylic acids is 1. The Labute approximate surface area is 156 Å². The van der Waals surface area contributed by atoms with Crippen molar-refractivity contribution in [2.75, 3.05) is 18.5 Å². The van der Waals surface area contributed by atoms with Crippen LogP contribution in [0, 0.1) is 11.7 Å². The van der Waals surface area contributed by atoms with Crippen LogP contribution in [0.25, 0.3) is 17.5 Å². The van der Waals surface area contributed by atoms with Crippen LogP contribution >= 0.6 is 11.6 Å². The number of ether oxygens (including phenoxy) is 1. The molecule has 1 aliphatic carbocycles. The zero-order valence-corrected chi connectivity index (χ0v) is 15.1. The largest absolute Gasteiger partial charge is 0.501 e. The second-order valence-electron chi connectivity index (χ2n) is 6.02. The van der Waals surface area contributed by atoms with E-state index >= 15 is 0 Å². The lowest BCUT2D eigenvalue weighted by Crippen LogP contribution is -2.10. The minimum atomic E-state index is -0.562. The Morgan fingerprint density at radius 2 is 2.19 bits per heavy atom. The number of nitrogens with one attached hydrogen (secondary N) is 1. The molecule has 3 rings (SSSR count). The normalized spacial score (nSPS) is 13.8. The van der Waals surface area contributed by atoms with E-state index in [4.69, 9.17) is 16.3 Å². The Bertz CT molecular complexity index is 838. The summed E-state index contributed by atoms with van der Waals surface area (Å²) >= 11 is 5.74. The molecule has 2 aromatic rings. The molecule has 5 nitrogen and oxygen atoms in total. The molecule has 1 aliphatic rings. The summed E-state index contributed by atoms with van der Waals surface area (Å²) in [4.78, 5) is 20.4. The first-order chi connectivity index (χ1) is 12.6. The summed E-state index contributed by atoms with van der Waals surface area (Å²) in [5.41, 5.74) is 1.21. The van der Waals surface area contributed by atoms with Gasteiger partial charge in [-0.1, -0.05) is 11.6 Å². The van der Waals surface area contributed by atoms with Gasteiger partial charge in [-0.25, -0.2) is 14.4 Å². The molecule has 1 aromatic heterocycles. The Kier molecular flexibility index (Phi) is 5.83. The monoisotopic (exact) mass is 375 g/mol. The van der Waals surface area contributed by atoms with E-state index in [0.717, 1.165) is 6.54 Å². The Morgan fingerprint density at radius 1 is 1.38 bits per heavy atom. The predicted octanol–water partition coefficient (Wildman–Crippen LogP) is 4.58. The molecular weight excluding hydrogens is 357 g/mol. The molecule has 0 spiro atoms. The molecule has 1 N–H and O–H groups in total. The third kappa shape index (κ3) is 4.38. The lowest BCUT2D eigenvalue weighted by molar-refractivity contribution is 0.111. The van der Waals surface area contributed by atoms with E-state index in [2.05, 4.69) is 15.3 Å². The van der Waals surface area contributed by atoms with Gasteiger partial charge in [-0.3, -0.25) is 4.79 Å². The number of benzene rings is 1. The molecule has 0 atom stereocenters. The minimum absolute atomic E-state index is 0.0210. The zero-order chi connectivity index (χ0) is 18.5. The van der Waals surface area contributed by atoms with Gasteiger partial charge in [0.25, 0.3) is 0 Å². The summed E-state index contributed by atoms with van der Waals surface area (Å²) in [5, 5.41) is 3.30. The van der Waals surface area contributed by atoms with Crippen molar-refractivity contribution in [3.05, 3.63) is 46.6 Å². The van der Waals surface area contributed by atoms with Crippen molar-refractivity contribution in [2.45, 2.75) is 19.8 Å². The van der Waals surface area contributed by atoms with E-state index < -0.39 is 5.82 Å². The molecule has 0 amide bonds. The van der Waals surface area contributed by atoms with Crippen LogP contribution in [0.15, 0.2) is 24.5 Å². The number of carbonyl (C=O) groups is 1. The van der Waals surface area contributed by atoms with Crippen LogP contribution in [-0.2, 0) is 4.74 Å². The number of rotatable bonds is 8. The second kappa shape index (κ2) is 8.27. The van der Waals surface area contributed by atoms with Crippen molar-refractivity contribution in [3.8, 4) is 11.4 Å². The van der Waals surface area contributed by atoms with Crippen molar-refractivity contribution in [2.24, 2.45) is 5.92 Å². The van der Waals surface area contributed by atoms with Crippen LogP contribution in [-0.4, -0.2) is 29.4 Å². The molecule has 0 aliphatic heterocycles. The summed E-state index contributed by atoms with van der Waals surface area (Å²) in [6.45, 7) is 3.14. The standard InChI is InChI=1S/C19H19ClFN3O2/c1-2-26-8-7-14-17(11-25)23-18(13-5-6-15(20)16(21)9-13)24-19(14)22-10-12-3-4-12/h5-9,11-12H,2-4,10H2,1H3,(H,22,23,24)/b8-7-. The van der Waals surface area contributed by atoms with E-state index in [1.165, 1.54) is 31.2 Å². The maximum Gasteiger partial charge on any atom is 0.169 e. The smallest absolute Gasteiger partial charge is 0.169 e. The van der Waals surface area contributed by atoms with Gasteiger partial charge >= 0.3 is 0 Å². The van der Waals surface area contributed by atoms with E-state index in [0.29, 0.717) is 35.8 Å². The van der Waals surface area contributed by atoms with Gasteiger partial charge in [0.1, 0.15) is 17.3 Å². The first-order valence-corrected chi connectivity index (χ1v) is 8.84. The maximum atomic E-state index is 13.8. The van der Waals surface area contributed by atoms with Crippen LogP contribution in [0.5, 0.6) is 0 Å². The third-order valence-electron chi connectivity index (χ3n) is 4.02. The van der Waals surface area contributed by atoms with Crippen LogP contribution < -0.4 is 5.32 Å². The fourth-order valence-electron chi connectivity index (χ4n) is 2.42. The molecule has 26 heavy (non-hydrogen) atoms. The van der Waals surface area contributed by atoms with E-state index in [1.807, 2.05) is 6.92 Å². The van der Waals surface area contributed by atoms with Gasteiger partial charge in [0, 0.05) is 17.7 Å². The van der Waals surface area contributed by atoms with E-state index in [1.54, 1.807) is 12.1 Å². The van der Waals surface area contributed by atoms with Crippen molar-refractivity contribution in [1.82, 2.24) is 9.97 Å². The van der Waals surface area contributed by atoms with Crippen LogP contribution in [0.2, 0.25) is 5.02 Å². The first-order valence-electron chi connectivity index (χ1n) is 8.47. The molecule has 0 radical (unpaired) electrons. The summed E-state index contributed by atoms with van der Waals surface area (Å²) < 4.78 is 19.0. The van der Waals surface area contributed by atoms with E-state index in [-0.39, 0.29) is 16.5 Å². The highest BCUT2D eigenvalue weighted by atomic mass is 35.5. The Morgan fingerprint density at radius 3 is 2.85 bits per heavy atom. The van der Waals surface area contributed by atoms with Crippen molar-refractivity contribution in [3.63, 3.8) is 0 Å². The molecule has 0 unspecified atom stereocenters. The SMILES string of the molecule is CCO/C=C\c1c(C=O)nc(-c2ccc(Cl)c(F)c2)nc1NCC1CC1. The minimum Gasteiger partial charge on any atom is -0.501 e. The summed E-state index contributed by atoms with van der Waals surface area (Å²) in [6, 6.07) is 4.32. The highest BCUT2D eigenvalue weighted by Crippen LogP contribution is 2.30. The average Bonchev–Trinajstić information content (AvgIpc) is 3.47. The Hall–Kier alpha value is -2.47. The van der Waals surface area contributed by atoms with Crippen LogP contribution in [0.1, 0.15) is 35.8 Å². The van der Waals surface area contributed by atoms with Gasteiger partial charge in [-0.15, -0.1) is 0 Å². The van der Waals surface area contributed by atoms with Crippen LogP contribution in [0.4, 0.5) is 10.2 Å². The fourth-order valence-corrected chi connectivity index (χ4v) is 2.53. The fraction of sp³-hybridized carbons (Fsp3) is 0.316. The molecule has 1 heterocycles. The molecule has 1 fully saturated rings. The number of hydrogen-bond acceptors (Lipinski definition) is 5. The maximum absolute atomic E-state index is 13.8. The van der Waals surface area contributed by atoms with Gasteiger partial charge < -0.3 is 10.1 Å². The number of hydrogen-bond donors (Lipinski definition) is 1. The molecular formula is C19H19ClFN3O2. The summed E-state index contributed by atoms with van der Waals surface area (Å²) in [7, 11) is 0. The third-order valence-corrected chi connectivity index (χ3v) is 4.32. The van der Waals surface area contributed by atoms with Crippen molar-refractivity contribution < 1.29 is 13.9 Å². The number of aldehydes is 1. The van der Waals surface area contributed by atoms with Gasteiger partial charge in [0.2, 0.25) is 0 Å². The van der Waals surface area contributed by atoms with Gasteiger partial charge in [0.15, 0.2) is 12.1 Å². The molecule has 7 heteroatoms. The first kappa shape index (κ1) is 18.3. The van der Waals surface area contributed by atoms with Gasteiger partial charge in [0.05, 0.1) is 17.9 Å². The summed E-state index contributed by atoms with van der Waals surface area (Å²) in [5.74, 6) is 0.836. The summed E-state index contributed by atoms with van der Waals surface area (Å²) in [6.07, 6.45) is 6.19. The molecule has 136 valence electrons. The van der Waals surface area contributed by atoms with E-state index in [9.17, 15) is 9.18 Å². The van der Waals surface area contributed by atoms with Gasteiger partial charge in [-0.05, 0) is 50.0 Å². The van der Waals surface area contributed by atoms with Gasteiger partial charge in [-0.2, -0.15) is 0 Å².